The van der Waals surface area contributed by atoms with Gasteiger partial charge in [-0.2, -0.15) is 0 Å². The normalized spacial score (nSPS) is 15.1. The van der Waals surface area contributed by atoms with Crippen LogP contribution in [0, 0.1) is 6.92 Å². The third-order valence-electron chi connectivity index (χ3n) is 6.92. The van der Waals surface area contributed by atoms with Crippen molar-refractivity contribution in [3.8, 4) is 5.75 Å². The van der Waals surface area contributed by atoms with E-state index in [2.05, 4.69) is 65.1 Å². The molecule has 3 aromatic rings. The lowest BCUT2D eigenvalue weighted by Crippen LogP contribution is -2.23. The van der Waals surface area contributed by atoms with Gasteiger partial charge in [-0.3, -0.25) is 4.79 Å². The Kier molecular flexibility index (Phi) is 6.91. The van der Waals surface area contributed by atoms with Crippen molar-refractivity contribution in [3.05, 3.63) is 76.9 Å². The number of carbonyl (C=O) groups excluding carboxylic acids is 1. The van der Waals surface area contributed by atoms with Crippen LogP contribution in [0.5, 0.6) is 5.75 Å². The lowest BCUT2D eigenvalue weighted by atomic mass is 10.0. The average Bonchev–Trinajstić information content (AvgIpc) is 3.75. The van der Waals surface area contributed by atoms with Crippen LogP contribution >= 0.6 is 11.8 Å². The van der Waals surface area contributed by atoms with E-state index in [1.54, 1.807) is 11.8 Å². The van der Waals surface area contributed by atoms with Crippen LogP contribution in [0.25, 0.3) is 0 Å². The quantitative estimate of drug-likeness (QED) is 0.373. The van der Waals surface area contributed by atoms with Gasteiger partial charge in [0.05, 0.1) is 12.3 Å². The van der Waals surface area contributed by atoms with Crippen molar-refractivity contribution in [1.82, 2.24) is 5.32 Å². The summed E-state index contributed by atoms with van der Waals surface area (Å²) in [7, 11) is 1.99. The zero-order chi connectivity index (χ0) is 24.4. The van der Waals surface area contributed by atoms with E-state index in [1.165, 1.54) is 40.2 Å². The Labute approximate surface area is 212 Å². The Balaban J connectivity index is 1.39. The van der Waals surface area contributed by atoms with E-state index in [4.69, 9.17) is 4.74 Å². The highest BCUT2D eigenvalue weighted by Gasteiger charge is 2.27. The van der Waals surface area contributed by atoms with Gasteiger partial charge >= 0.3 is 0 Å². The van der Waals surface area contributed by atoms with Crippen LogP contribution in [0.1, 0.15) is 52.2 Å². The number of thioether (sulfide) groups is 1. The number of anilines is 3. The van der Waals surface area contributed by atoms with Crippen LogP contribution in [0.3, 0.4) is 0 Å². The second kappa shape index (κ2) is 10.2. The molecule has 5 rings (SSSR count). The van der Waals surface area contributed by atoms with E-state index in [0.29, 0.717) is 24.6 Å². The molecular formula is C29H33N3O2S. The van der Waals surface area contributed by atoms with Gasteiger partial charge < -0.3 is 20.3 Å². The molecule has 1 aliphatic heterocycles. The number of fused-ring (bicyclic) bond motifs is 1. The van der Waals surface area contributed by atoms with Crippen molar-refractivity contribution >= 4 is 34.7 Å². The summed E-state index contributed by atoms with van der Waals surface area (Å²) in [5.74, 6) is 1.35. The molecule has 2 N–H and O–H groups in total. The summed E-state index contributed by atoms with van der Waals surface area (Å²) in [6.07, 6.45) is 5.52. The van der Waals surface area contributed by atoms with Gasteiger partial charge in [-0.25, -0.2) is 0 Å². The lowest BCUT2D eigenvalue weighted by molar-refractivity contribution is 0.0950. The Bertz CT molecular complexity index is 1220. The van der Waals surface area contributed by atoms with E-state index in [0.717, 1.165) is 30.0 Å². The van der Waals surface area contributed by atoms with Gasteiger partial charge in [-0.1, -0.05) is 12.1 Å². The molecule has 1 aliphatic carbocycles. The fraction of sp³-hybridized carbons (Fsp3) is 0.345. The molecule has 5 nitrogen and oxygen atoms in total. The van der Waals surface area contributed by atoms with Gasteiger partial charge in [0, 0.05) is 42.0 Å². The summed E-state index contributed by atoms with van der Waals surface area (Å²) in [6, 6.07) is 18.8. The highest BCUT2D eigenvalue weighted by atomic mass is 32.2. The van der Waals surface area contributed by atoms with E-state index >= 15 is 0 Å². The van der Waals surface area contributed by atoms with Crippen molar-refractivity contribution in [3.63, 3.8) is 0 Å². The minimum Gasteiger partial charge on any atom is -0.491 e. The molecule has 2 aliphatic rings. The van der Waals surface area contributed by atoms with E-state index in [1.807, 2.05) is 25.2 Å². The number of amides is 1. The van der Waals surface area contributed by atoms with E-state index in [-0.39, 0.29) is 5.91 Å². The second-order valence-electron chi connectivity index (χ2n) is 9.30. The monoisotopic (exact) mass is 487 g/mol. The Hall–Kier alpha value is -3.12. The smallest absolute Gasteiger partial charge is 0.251 e. The Morgan fingerprint density at radius 1 is 1.09 bits per heavy atom. The average molecular weight is 488 g/mol. The number of carbonyl (C=O) groups is 1. The summed E-state index contributed by atoms with van der Waals surface area (Å²) < 4.78 is 6.13. The van der Waals surface area contributed by atoms with Crippen molar-refractivity contribution in [2.45, 2.75) is 43.5 Å². The van der Waals surface area contributed by atoms with Gasteiger partial charge in [-0.05, 0) is 97.5 Å². The molecule has 0 spiro atoms. The molecule has 1 amide bonds. The Morgan fingerprint density at radius 3 is 2.60 bits per heavy atom. The summed E-state index contributed by atoms with van der Waals surface area (Å²) in [6.45, 7) is 4.19. The number of rotatable bonds is 7. The third kappa shape index (κ3) is 5.13. The maximum Gasteiger partial charge on any atom is 0.251 e. The molecule has 0 unspecified atom stereocenters. The zero-order valence-electron chi connectivity index (χ0n) is 20.7. The molecule has 0 saturated heterocycles. The molecule has 0 bridgehead atoms. The Morgan fingerprint density at radius 2 is 1.89 bits per heavy atom. The predicted octanol–water partition coefficient (Wildman–Crippen LogP) is 6.49. The van der Waals surface area contributed by atoms with Gasteiger partial charge in [-0.15, -0.1) is 11.8 Å². The molecule has 0 atom stereocenters. The summed E-state index contributed by atoms with van der Waals surface area (Å²) in [5, 5.41) is 6.43. The third-order valence-corrected chi connectivity index (χ3v) is 7.66. The number of nitrogens with zero attached hydrogens (tertiary/aromatic N) is 1. The fourth-order valence-electron chi connectivity index (χ4n) is 4.71. The van der Waals surface area contributed by atoms with Crippen molar-refractivity contribution in [2.24, 2.45) is 0 Å². The fourth-order valence-corrected chi connectivity index (χ4v) is 5.12. The van der Waals surface area contributed by atoms with Crippen LogP contribution in [-0.2, 0) is 6.54 Å². The first-order valence-electron chi connectivity index (χ1n) is 12.3. The first kappa shape index (κ1) is 23.6. The van der Waals surface area contributed by atoms with Crippen molar-refractivity contribution in [2.75, 3.05) is 36.7 Å². The van der Waals surface area contributed by atoms with Gasteiger partial charge in [0.25, 0.3) is 5.91 Å². The van der Waals surface area contributed by atoms with Crippen LogP contribution in [0.15, 0.2) is 59.5 Å². The molecule has 3 aromatic carbocycles. The highest BCUT2D eigenvalue weighted by Crippen LogP contribution is 2.46. The molecule has 1 heterocycles. The molecule has 35 heavy (non-hydrogen) atoms. The minimum atomic E-state index is -0.0921. The zero-order valence-corrected chi connectivity index (χ0v) is 21.5. The number of hydrogen-bond donors (Lipinski definition) is 2. The molecular weight excluding hydrogens is 454 g/mol. The van der Waals surface area contributed by atoms with Gasteiger partial charge in [0.2, 0.25) is 0 Å². The van der Waals surface area contributed by atoms with E-state index < -0.39 is 0 Å². The molecule has 0 radical (unpaired) electrons. The number of hydrogen-bond acceptors (Lipinski definition) is 5. The number of nitrogens with one attached hydrogen (secondary N) is 2. The van der Waals surface area contributed by atoms with Crippen LogP contribution < -0.4 is 20.3 Å². The predicted molar refractivity (Wildman–Crippen MR) is 146 cm³/mol. The topological polar surface area (TPSA) is 53.6 Å². The summed E-state index contributed by atoms with van der Waals surface area (Å²) >= 11 is 1.71. The number of ether oxygens (including phenoxy) is 1. The minimum absolute atomic E-state index is 0.0921. The van der Waals surface area contributed by atoms with Crippen molar-refractivity contribution < 1.29 is 9.53 Å². The maximum absolute atomic E-state index is 12.9. The summed E-state index contributed by atoms with van der Waals surface area (Å²) in [5.41, 5.74) is 7.76. The molecule has 1 fully saturated rings. The molecule has 0 aromatic heterocycles. The maximum atomic E-state index is 12.9. The largest absolute Gasteiger partial charge is 0.491 e. The summed E-state index contributed by atoms with van der Waals surface area (Å²) in [4.78, 5) is 16.5. The molecule has 6 heteroatoms. The standard InChI is InChI=1S/C29H33N3O2S/c1-19-25(30-2)15-23(21-7-8-21)16-27(19)32-13-4-14-34-28-17-22(9-12-26(28)32)29(33)31-18-20-5-10-24(35-3)11-6-20/h5-6,9-12,15-17,21,30H,4,7-8,13-14,18H2,1-3H3,(H,31,33). The van der Waals surface area contributed by atoms with Gasteiger partial charge in [0.1, 0.15) is 5.75 Å². The van der Waals surface area contributed by atoms with Gasteiger partial charge in [0.15, 0.2) is 0 Å². The molecule has 182 valence electrons. The first-order valence-corrected chi connectivity index (χ1v) is 13.6. The second-order valence-corrected chi connectivity index (χ2v) is 10.2. The van der Waals surface area contributed by atoms with Crippen LogP contribution in [0.4, 0.5) is 17.1 Å². The SMILES string of the molecule is CNc1cc(C2CC2)cc(N2CCCOc3cc(C(=O)NCc4ccc(SC)cc4)ccc32)c1C. The van der Waals surface area contributed by atoms with Crippen LogP contribution in [-0.4, -0.2) is 32.4 Å². The number of benzene rings is 3. The first-order chi connectivity index (χ1) is 17.1. The van der Waals surface area contributed by atoms with Crippen molar-refractivity contribution in [1.29, 1.82) is 0 Å². The van der Waals surface area contributed by atoms with Crippen LogP contribution in [0.2, 0.25) is 0 Å². The van der Waals surface area contributed by atoms with E-state index in [9.17, 15) is 4.79 Å². The molecule has 1 saturated carbocycles. The lowest BCUT2D eigenvalue weighted by Gasteiger charge is -2.28. The highest BCUT2D eigenvalue weighted by molar-refractivity contribution is 7.98.